The fraction of sp³-hybridized carbons (Fsp3) is 0.600. The average Bonchev–Trinajstić information content (AvgIpc) is 2.36. The van der Waals surface area contributed by atoms with Crippen LogP contribution < -0.4 is 10.1 Å². The number of ether oxygens (including phenoxy) is 2. The Morgan fingerprint density at radius 3 is 2.68 bits per heavy atom. The highest BCUT2D eigenvalue weighted by Gasteiger charge is 2.05. The second kappa shape index (κ2) is 8.88. The van der Waals surface area contributed by atoms with Crippen molar-refractivity contribution in [3.05, 3.63) is 29.6 Å². The monoisotopic (exact) mass is 269 g/mol. The number of hydrogen-bond donors (Lipinski definition) is 1. The molecular formula is C15H24FNO2. The lowest BCUT2D eigenvalue weighted by atomic mass is 10.2. The molecule has 0 aliphatic heterocycles. The number of methoxy groups -OCH3 is 1. The molecule has 0 saturated carbocycles. The Bertz CT molecular complexity index is 369. The quantitative estimate of drug-likeness (QED) is 0.699. The Labute approximate surface area is 115 Å². The van der Waals surface area contributed by atoms with Crippen LogP contribution in [0.1, 0.15) is 25.8 Å². The lowest BCUT2D eigenvalue weighted by Gasteiger charge is -2.10. The van der Waals surface area contributed by atoms with Gasteiger partial charge in [-0.1, -0.05) is 19.9 Å². The highest BCUT2D eigenvalue weighted by atomic mass is 19.1. The Morgan fingerprint density at radius 2 is 2.05 bits per heavy atom. The first-order chi connectivity index (χ1) is 9.13. The zero-order chi connectivity index (χ0) is 14.1. The van der Waals surface area contributed by atoms with E-state index in [1.165, 1.54) is 6.07 Å². The van der Waals surface area contributed by atoms with Crippen LogP contribution in [0.5, 0.6) is 5.75 Å². The van der Waals surface area contributed by atoms with E-state index in [0.29, 0.717) is 31.4 Å². The molecule has 0 aromatic heterocycles. The van der Waals surface area contributed by atoms with E-state index in [2.05, 4.69) is 19.2 Å². The van der Waals surface area contributed by atoms with Crippen molar-refractivity contribution >= 4 is 0 Å². The van der Waals surface area contributed by atoms with Crippen LogP contribution in [0.4, 0.5) is 4.39 Å². The minimum Gasteiger partial charge on any atom is -0.490 e. The second-order valence-electron chi connectivity index (χ2n) is 4.98. The van der Waals surface area contributed by atoms with Gasteiger partial charge in [0, 0.05) is 26.7 Å². The number of benzene rings is 1. The van der Waals surface area contributed by atoms with Crippen LogP contribution in [0, 0.1) is 11.7 Å². The number of halogens is 1. The van der Waals surface area contributed by atoms with Crippen LogP contribution in [0.3, 0.4) is 0 Å². The maximum atomic E-state index is 13.8. The molecule has 0 saturated heterocycles. The van der Waals surface area contributed by atoms with Gasteiger partial charge < -0.3 is 14.8 Å². The van der Waals surface area contributed by atoms with Crippen LogP contribution in [-0.4, -0.2) is 26.9 Å². The van der Waals surface area contributed by atoms with Gasteiger partial charge in [0.25, 0.3) is 0 Å². The summed E-state index contributed by atoms with van der Waals surface area (Å²) in [5, 5.41) is 3.28. The zero-order valence-electron chi connectivity index (χ0n) is 12.0. The van der Waals surface area contributed by atoms with Gasteiger partial charge in [0.1, 0.15) is 0 Å². The normalized spacial score (nSPS) is 11.0. The topological polar surface area (TPSA) is 30.5 Å². The van der Waals surface area contributed by atoms with Gasteiger partial charge in [-0.2, -0.15) is 0 Å². The Morgan fingerprint density at radius 1 is 1.26 bits per heavy atom. The van der Waals surface area contributed by atoms with Gasteiger partial charge in [0.05, 0.1) is 6.61 Å². The fourth-order valence-corrected chi connectivity index (χ4v) is 1.66. The molecule has 0 atom stereocenters. The van der Waals surface area contributed by atoms with Gasteiger partial charge >= 0.3 is 0 Å². The maximum Gasteiger partial charge on any atom is 0.165 e. The third kappa shape index (κ3) is 6.55. The third-order valence-electron chi connectivity index (χ3n) is 2.63. The molecular weight excluding hydrogens is 245 g/mol. The summed E-state index contributed by atoms with van der Waals surface area (Å²) in [7, 11) is 1.64. The van der Waals surface area contributed by atoms with Crippen molar-refractivity contribution in [3.8, 4) is 5.75 Å². The summed E-state index contributed by atoms with van der Waals surface area (Å²) in [5.41, 5.74) is 0.933. The van der Waals surface area contributed by atoms with Crippen molar-refractivity contribution in [2.45, 2.75) is 26.8 Å². The second-order valence-corrected chi connectivity index (χ2v) is 4.98. The molecule has 108 valence electrons. The summed E-state index contributed by atoms with van der Waals surface area (Å²) in [4.78, 5) is 0. The van der Waals surface area contributed by atoms with Crippen LogP contribution in [0.25, 0.3) is 0 Å². The molecule has 0 unspecified atom stereocenters. The summed E-state index contributed by atoms with van der Waals surface area (Å²) in [5.74, 6) is 0.596. The van der Waals surface area contributed by atoms with Crippen LogP contribution in [0.2, 0.25) is 0 Å². The predicted octanol–water partition coefficient (Wildman–Crippen LogP) is 2.99. The highest BCUT2D eigenvalue weighted by molar-refractivity contribution is 5.29. The first kappa shape index (κ1) is 15.9. The summed E-state index contributed by atoms with van der Waals surface area (Å²) >= 11 is 0. The molecule has 0 spiro atoms. The fourth-order valence-electron chi connectivity index (χ4n) is 1.66. The molecule has 0 fully saturated rings. The molecule has 0 heterocycles. The van der Waals surface area contributed by atoms with Crippen LogP contribution in [0.15, 0.2) is 18.2 Å². The molecule has 1 N–H and O–H groups in total. The van der Waals surface area contributed by atoms with Crippen LogP contribution >= 0.6 is 0 Å². The van der Waals surface area contributed by atoms with E-state index < -0.39 is 0 Å². The molecule has 0 amide bonds. The smallest absolute Gasteiger partial charge is 0.165 e. The minimum atomic E-state index is -0.304. The summed E-state index contributed by atoms with van der Waals surface area (Å²) < 4.78 is 24.0. The summed E-state index contributed by atoms with van der Waals surface area (Å²) in [6, 6.07) is 5.11. The minimum absolute atomic E-state index is 0.304. The average molecular weight is 269 g/mol. The van der Waals surface area contributed by atoms with Gasteiger partial charge in [0.2, 0.25) is 0 Å². The van der Waals surface area contributed by atoms with E-state index in [1.807, 2.05) is 6.07 Å². The van der Waals surface area contributed by atoms with E-state index in [9.17, 15) is 4.39 Å². The van der Waals surface area contributed by atoms with Crippen LogP contribution in [-0.2, 0) is 11.3 Å². The molecule has 0 aliphatic rings. The molecule has 1 aromatic rings. The van der Waals surface area contributed by atoms with Crippen molar-refractivity contribution in [2.75, 3.05) is 26.9 Å². The number of rotatable bonds is 9. The largest absolute Gasteiger partial charge is 0.490 e. The standard InChI is InChI=1S/C15H24FNO2/c1-12(2)10-17-11-13-5-6-15(14(16)9-13)19-8-4-7-18-3/h5-6,9,12,17H,4,7-8,10-11H2,1-3H3. The van der Waals surface area contributed by atoms with Crippen molar-refractivity contribution in [2.24, 2.45) is 5.92 Å². The number of hydrogen-bond acceptors (Lipinski definition) is 3. The maximum absolute atomic E-state index is 13.8. The Balaban J connectivity index is 2.40. The molecule has 4 heteroatoms. The first-order valence-corrected chi connectivity index (χ1v) is 6.74. The Kier molecular flexibility index (Phi) is 7.45. The molecule has 1 rings (SSSR count). The van der Waals surface area contributed by atoms with Crippen molar-refractivity contribution in [1.29, 1.82) is 0 Å². The molecule has 3 nitrogen and oxygen atoms in total. The molecule has 0 bridgehead atoms. The van der Waals surface area contributed by atoms with E-state index >= 15 is 0 Å². The van der Waals surface area contributed by atoms with E-state index in [4.69, 9.17) is 9.47 Å². The lowest BCUT2D eigenvalue weighted by molar-refractivity contribution is 0.170. The predicted molar refractivity (Wildman–Crippen MR) is 74.9 cm³/mol. The SMILES string of the molecule is COCCCOc1ccc(CNCC(C)C)cc1F. The van der Waals surface area contributed by atoms with Gasteiger partial charge in [-0.25, -0.2) is 4.39 Å². The molecule has 0 radical (unpaired) electrons. The van der Waals surface area contributed by atoms with Gasteiger partial charge in [-0.3, -0.25) is 0 Å². The molecule has 19 heavy (non-hydrogen) atoms. The van der Waals surface area contributed by atoms with Crippen molar-refractivity contribution in [1.82, 2.24) is 5.32 Å². The Hall–Kier alpha value is -1.13. The van der Waals surface area contributed by atoms with E-state index in [0.717, 1.165) is 18.5 Å². The van der Waals surface area contributed by atoms with Gasteiger partial charge in [-0.15, -0.1) is 0 Å². The van der Waals surface area contributed by atoms with E-state index in [1.54, 1.807) is 13.2 Å². The first-order valence-electron chi connectivity index (χ1n) is 6.74. The summed E-state index contributed by atoms with van der Waals surface area (Å²) in [6.07, 6.45) is 0.758. The summed E-state index contributed by atoms with van der Waals surface area (Å²) in [6.45, 7) is 6.99. The van der Waals surface area contributed by atoms with Gasteiger partial charge in [-0.05, 0) is 30.2 Å². The highest BCUT2D eigenvalue weighted by Crippen LogP contribution is 2.18. The van der Waals surface area contributed by atoms with E-state index in [-0.39, 0.29) is 5.82 Å². The number of nitrogens with one attached hydrogen (secondary N) is 1. The molecule has 1 aromatic carbocycles. The van der Waals surface area contributed by atoms with Crippen molar-refractivity contribution in [3.63, 3.8) is 0 Å². The third-order valence-corrected chi connectivity index (χ3v) is 2.63. The molecule has 0 aliphatic carbocycles. The van der Waals surface area contributed by atoms with Crippen molar-refractivity contribution < 1.29 is 13.9 Å². The lowest BCUT2D eigenvalue weighted by Crippen LogP contribution is -2.19. The zero-order valence-corrected chi connectivity index (χ0v) is 12.0. The van der Waals surface area contributed by atoms with Gasteiger partial charge in [0.15, 0.2) is 11.6 Å².